The van der Waals surface area contributed by atoms with Crippen LogP contribution >= 0.6 is 11.6 Å². The fraction of sp³-hybridized carbons (Fsp3) is 0.350. The van der Waals surface area contributed by atoms with E-state index in [0.29, 0.717) is 12.1 Å². The average molecular weight is 358 g/mol. The number of halogens is 1. The lowest BCUT2D eigenvalue weighted by atomic mass is 10.0. The average Bonchev–Trinajstić information content (AvgIpc) is 2.65. The van der Waals surface area contributed by atoms with Crippen molar-refractivity contribution in [2.24, 2.45) is 0 Å². The van der Waals surface area contributed by atoms with Gasteiger partial charge < -0.3 is 10.2 Å². The lowest BCUT2D eigenvalue weighted by Gasteiger charge is -2.38. The van der Waals surface area contributed by atoms with Crippen molar-refractivity contribution in [1.82, 2.24) is 15.1 Å². The molecule has 1 atom stereocenters. The van der Waals surface area contributed by atoms with E-state index in [1.165, 1.54) is 5.56 Å². The molecule has 2 aromatic rings. The summed E-state index contributed by atoms with van der Waals surface area (Å²) in [6.45, 7) is 4.64. The maximum atomic E-state index is 12.4. The summed E-state index contributed by atoms with van der Waals surface area (Å²) in [4.78, 5) is 17.2. The molecule has 0 aliphatic carbocycles. The molecular weight excluding hydrogens is 334 g/mol. The Bertz CT molecular complexity index is 682. The van der Waals surface area contributed by atoms with Gasteiger partial charge in [-0.05, 0) is 36.9 Å². The number of nitrogens with zero attached hydrogens (tertiary/aromatic N) is 2. The first-order chi connectivity index (χ1) is 12.1. The Kier molecular flexibility index (Phi) is 6.08. The van der Waals surface area contributed by atoms with Crippen LogP contribution in [-0.2, 0) is 0 Å². The summed E-state index contributed by atoms with van der Waals surface area (Å²) in [5.74, 6) is -0.0336. The molecule has 0 radical (unpaired) electrons. The number of likely N-dealkylation sites (N-methyl/N-ethyl adjacent to an activating group) is 1. The Morgan fingerprint density at radius 1 is 1.04 bits per heavy atom. The minimum absolute atomic E-state index is 0.0336. The van der Waals surface area contributed by atoms with Crippen LogP contribution in [0.3, 0.4) is 0 Å². The maximum absolute atomic E-state index is 12.4. The normalized spacial score (nSPS) is 17.2. The molecule has 1 saturated heterocycles. The van der Waals surface area contributed by atoms with Crippen molar-refractivity contribution in [3.05, 3.63) is 70.7 Å². The molecule has 25 heavy (non-hydrogen) atoms. The van der Waals surface area contributed by atoms with E-state index in [2.05, 4.69) is 34.3 Å². The predicted molar refractivity (Wildman–Crippen MR) is 102 cm³/mol. The summed E-state index contributed by atoms with van der Waals surface area (Å²) in [5.41, 5.74) is 1.87. The van der Waals surface area contributed by atoms with E-state index in [-0.39, 0.29) is 11.9 Å². The molecular formula is C20H24ClN3O. The number of carbonyl (C=O) groups is 1. The molecule has 1 aliphatic heterocycles. The molecule has 0 saturated carbocycles. The van der Waals surface area contributed by atoms with Gasteiger partial charge in [-0.1, -0.05) is 41.9 Å². The van der Waals surface area contributed by atoms with Crippen LogP contribution in [0.25, 0.3) is 0 Å². The summed E-state index contributed by atoms with van der Waals surface area (Å²) >= 11 is 6.04. The number of amides is 1. The highest BCUT2D eigenvalue weighted by Gasteiger charge is 2.24. The highest BCUT2D eigenvalue weighted by molar-refractivity contribution is 6.30. The van der Waals surface area contributed by atoms with E-state index in [1.807, 2.05) is 42.5 Å². The van der Waals surface area contributed by atoms with Crippen LogP contribution in [0.5, 0.6) is 0 Å². The highest BCUT2D eigenvalue weighted by Crippen LogP contribution is 2.23. The quantitative estimate of drug-likeness (QED) is 0.893. The second kappa shape index (κ2) is 8.48. The van der Waals surface area contributed by atoms with E-state index in [4.69, 9.17) is 11.6 Å². The van der Waals surface area contributed by atoms with Crippen LogP contribution in [-0.4, -0.2) is 55.5 Å². The van der Waals surface area contributed by atoms with E-state index < -0.39 is 0 Å². The number of hydrogen-bond acceptors (Lipinski definition) is 3. The molecule has 1 fully saturated rings. The third-order valence-corrected chi connectivity index (χ3v) is 4.98. The van der Waals surface area contributed by atoms with Gasteiger partial charge >= 0.3 is 0 Å². The Balaban J connectivity index is 1.72. The van der Waals surface area contributed by atoms with Gasteiger partial charge in [0.2, 0.25) is 0 Å². The van der Waals surface area contributed by atoms with Crippen LogP contribution in [0.15, 0.2) is 54.6 Å². The minimum atomic E-state index is -0.0336. The zero-order valence-corrected chi connectivity index (χ0v) is 15.2. The van der Waals surface area contributed by atoms with Gasteiger partial charge in [-0.15, -0.1) is 0 Å². The zero-order valence-electron chi connectivity index (χ0n) is 14.5. The van der Waals surface area contributed by atoms with E-state index >= 15 is 0 Å². The van der Waals surface area contributed by atoms with Crippen LogP contribution in [0, 0.1) is 0 Å². The number of piperazine rings is 1. The smallest absolute Gasteiger partial charge is 0.251 e. The first-order valence-corrected chi connectivity index (χ1v) is 9.02. The summed E-state index contributed by atoms with van der Waals surface area (Å²) in [6.07, 6.45) is 0. The van der Waals surface area contributed by atoms with Gasteiger partial charge in [-0.3, -0.25) is 9.69 Å². The third kappa shape index (κ3) is 4.82. The summed E-state index contributed by atoms with van der Waals surface area (Å²) < 4.78 is 0. The molecule has 5 heteroatoms. The number of benzene rings is 2. The van der Waals surface area contributed by atoms with Crippen molar-refractivity contribution >= 4 is 17.5 Å². The molecule has 2 aromatic carbocycles. The molecule has 1 amide bonds. The van der Waals surface area contributed by atoms with Gasteiger partial charge in [-0.25, -0.2) is 0 Å². The van der Waals surface area contributed by atoms with Gasteiger partial charge in [0.1, 0.15) is 0 Å². The number of rotatable bonds is 5. The Morgan fingerprint density at radius 3 is 2.32 bits per heavy atom. The van der Waals surface area contributed by atoms with E-state index in [9.17, 15) is 4.79 Å². The topological polar surface area (TPSA) is 35.6 Å². The van der Waals surface area contributed by atoms with Crippen molar-refractivity contribution in [3.63, 3.8) is 0 Å². The number of nitrogens with one attached hydrogen (secondary N) is 1. The standard InChI is InChI=1S/C20H24ClN3O/c1-23-11-13-24(14-12-23)19(16-7-9-18(21)10-8-16)15-22-20(25)17-5-3-2-4-6-17/h2-10,19H,11-15H2,1H3,(H,22,25)/t19-/m1/s1. The molecule has 0 aromatic heterocycles. The minimum Gasteiger partial charge on any atom is -0.350 e. The first-order valence-electron chi connectivity index (χ1n) is 8.65. The summed E-state index contributed by atoms with van der Waals surface area (Å²) in [5, 5.41) is 3.82. The molecule has 1 heterocycles. The van der Waals surface area contributed by atoms with Gasteiger partial charge in [0.25, 0.3) is 5.91 Å². The predicted octanol–water partition coefficient (Wildman–Crippen LogP) is 3.06. The van der Waals surface area contributed by atoms with Gasteiger partial charge in [0.05, 0.1) is 6.04 Å². The summed E-state index contributed by atoms with van der Waals surface area (Å²) in [6, 6.07) is 17.4. The lowest BCUT2D eigenvalue weighted by Crippen LogP contribution is -2.48. The van der Waals surface area contributed by atoms with Crippen molar-refractivity contribution in [2.75, 3.05) is 39.8 Å². The SMILES string of the molecule is CN1CCN([C@H](CNC(=O)c2ccccc2)c2ccc(Cl)cc2)CC1. The van der Waals surface area contributed by atoms with Crippen LogP contribution in [0.1, 0.15) is 22.0 Å². The molecule has 1 aliphatic rings. The highest BCUT2D eigenvalue weighted by atomic mass is 35.5. The molecule has 1 N–H and O–H groups in total. The van der Waals surface area contributed by atoms with Gasteiger partial charge in [0, 0.05) is 43.3 Å². The maximum Gasteiger partial charge on any atom is 0.251 e. The van der Waals surface area contributed by atoms with Crippen molar-refractivity contribution < 1.29 is 4.79 Å². The van der Waals surface area contributed by atoms with Crippen molar-refractivity contribution in [3.8, 4) is 0 Å². The van der Waals surface area contributed by atoms with Crippen molar-refractivity contribution in [1.29, 1.82) is 0 Å². The largest absolute Gasteiger partial charge is 0.350 e. The van der Waals surface area contributed by atoms with Gasteiger partial charge in [-0.2, -0.15) is 0 Å². The number of hydrogen-bond donors (Lipinski definition) is 1. The van der Waals surface area contributed by atoms with Gasteiger partial charge in [0.15, 0.2) is 0 Å². The van der Waals surface area contributed by atoms with Crippen LogP contribution in [0.2, 0.25) is 5.02 Å². The Labute approximate surface area is 154 Å². The van der Waals surface area contributed by atoms with E-state index in [0.717, 1.165) is 31.2 Å². The number of carbonyl (C=O) groups excluding carboxylic acids is 1. The second-order valence-corrected chi connectivity index (χ2v) is 6.92. The Morgan fingerprint density at radius 2 is 1.68 bits per heavy atom. The van der Waals surface area contributed by atoms with E-state index in [1.54, 1.807) is 0 Å². The van der Waals surface area contributed by atoms with Crippen LogP contribution in [0.4, 0.5) is 0 Å². The molecule has 0 bridgehead atoms. The second-order valence-electron chi connectivity index (χ2n) is 6.48. The fourth-order valence-corrected chi connectivity index (χ4v) is 3.28. The lowest BCUT2D eigenvalue weighted by molar-refractivity contribution is 0.0886. The molecule has 132 valence electrons. The fourth-order valence-electron chi connectivity index (χ4n) is 3.16. The molecule has 4 nitrogen and oxygen atoms in total. The molecule has 0 unspecified atom stereocenters. The third-order valence-electron chi connectivity index (χ3n) is 4.73. The zero-order chi connectivity index (χ0) is 17.6. The van der Waals surface area contributed by atoms with Crippen molar-refractivity contribution in [2.45, 2.75) is 6.04 Å². The summed E-state index contributed by atoms with van der Waals surface area (Å²) in [7, 11) is 2.14. The molecule has 0 spiro atoms. The Hall–Kier alpha value is -1.88. The molecule has 3 rings (SSSR count). The first kappa shape index (κ1) is 17.9. The van der Waals surface area contributed by atoms with Crippen LogP contribution < -0.4 is 5.32 Å². The monoisotopic (exact) mass is 357 g/mol.